The molecular formula is C18H22ClNO3. The van der Waals surface area contributed by atoms with Crippen LogP contribution in [0.5, 0.6) is 0 Å². The highest BCUT2D eigenvalue weighted by Gasteiger charge is 2.34. The van der Waals surface area contributed by atoms with Crippen molar-refractivity contribution in [3.8, 4) is 0 Å². The van der Waals surface area contributed by atoms with Crippen molar-refractivity contribution in [2.75, 3.05) is 7.11 Å². The van der Waals surface area contributed by atoms with Gasteiger partial charge in [0.2, 0.25) is 11.6 Å². The largest absolute Gasteiger partial charge is 0.492 e. The van der Waals surface area contributed by atoms with Crippen molar-refractivity contribution in [3.05, 3.63) is 39.9 Å². The van der Waals surface area contributed by atoms with Crippen molar-refractivity contribution in [3.63, 3.8) is 0 Å². The van der Waals surface area contributed by atoms with E-state index in [4.69, 9.17) is 16.3 Å². The third-order valence-corrected chi connectivity index (χ3v) is 4.27. The first-order valence-electron chi connectivity index (χ1n) is 8.13. The van der Waals surface area contributed by atoms with Gasteiger partial charge in [0.25, 0.3) is 0 Å². The zero-order chi connectivity index (χ0) is 16.8. The number of halogens is 1. The number of fused-ring (bicyclic) bond motifs is 1. The fourth-order valence-electron chi connectivity index (χ4n) is 2.82. The lowest BCUT2D eigenvalue weighted by molar-refractivity contribution is 0.0899. The number of nitrogens with zero attached hydrogens (tertiary/aromatic N) is 1. The number of pyridine rings is 1. The van der Waals surface area contributed by atoms with E-state index in [-0.39, 0.29) is 33.7 Å². The minimum Gasteiger partial charge on any atom is -0.492 e. The van der Waals surface area contributed by atoms with Crippen molar-refractivity contribution >= 4 is 23.2 Å². The van der Waals surface area contributed by atoms with E-state index >= 15 is 0 Å². The molecule has 0 aliphatic heterocycles. The molecule has 124 valence electrons. The molecule has 0 aromatic carbocycles. The van der Waals surface area contributed by atoms with Gasteiger partial charge in [0.1, 0.15) is 10.8 Å². The third-order valence-electron chi connectivity index (χ3n) is 4.06. The molecule has 1 aliphatic rings. The summed E-state index contributed by atoms with van der Waals surface area (Å²) in [4.78, 5) is 29.1. The maximum Gasteiger partial charge on any atom is 0.230 e. The quantitative estimate of drug-likeness (QED) is 0.507. The lowest BCUT2D eigenvalue weighted by Crippen LogP contribution is -2.24. The number of methoxy groups -OCH3 is 1. The molecule has 5 heteroatoms. The number of hydrogen-bond donors (Lipinski definition) is 0. The number of hydrogen-bond acceptors (Lipinski definition) is 4. The molecule has 1 aromatic rings. The van der Waals surface area contributed by atoms with Crippen LogP contribution in [0.1, 0.15) is 72.7 Å². The monoisotopic (exact) mass is 335 g/mol. The molecule has 0 spiro atoms. The highest BCUT2D eigenvalue weighted by Crippen LogP contribution is 2.29. The topological polar surface area (TPSA) is 56.3 Å². The Morgan fingerprint density at radius 1 is 1.04 bits per heavy atom. The van der Waals surface area contributed by atoms with Crippen LogP contribution in [0.15, 0.2) is 23.5 Å². The number of ketones is 2. The second kappa shape index (κ2) is 8.25. The van der Waals surface area contributed by atoms with E-state index in [1.54, 1.807) is 0 Å². The Morgan fingerprint density at radius 3 is 2.43 bits per heavy atom. The Kier molecular flexibility index (Phi) is 6.34. The summed E-state index contributed by atoms with van der Waals surface area (Å²) < 4.78 is 5.22. The first-order valence-corrected chi connectivity index (χ1v) is 8.51. The molecule has 0 radical (unpaired) electrons. The average molecular weight is 336 g/mol. The molecule has 1 heterocycles. The summed E-state index contributed by atoms with van der Waals surface area (Å²) >= 11 is 5.86. The van der Waals surface area contributed by atoms with Crippen LogP contribution in [-0.2, 0) is 4.74 Å². The fourth-order valence-corrected chi connectivity index (χ4v) is 2.97. The van der Waals surface area contributed by atoms with Gasteiger partial charge in [0.05, 0.1) is 12.7 Å². The molecule has 4 nitrogen and oxygen atoms in total. The first kappa shape index (κ1) is 17.7. The standard InChI is InChI=1S/C18H22ClNO3/c1-3-4-5-6-7-8-9-13-16(21)15-12(10-11-14(19)20-15)17(22)18(13)23-2/h10-11H,3-9H2,1-2H3. The van der Waals surface area contributed by atoms with Crippen molar-refractivity contribution < 1.29 is 14.3 Å². The normalized spacial score (nSPS) is 14.2. The molecule has 0 unspecified atom stereocenters. The first-order chi connectivity index (χ1) is 11.1. The Balaban J connectivity index is 2.13. The molecule has 0 amide bonds. The number of ether oxygens (including phenoxy) is 1. The molecule has 0 atom stereocenters. The number of carbonyl (C=O) groups is 2. The van der Waals surface area contributed by atoms with E-state index in [0.29, 0.717) is 12.0 Å². The van der Waals surface area contributed by atoms with Crippen LogP contribution >= 0.6 is 11.6 Å². The average Bonchev–Trinajstić information content (AvgIpc) is 2.55. The number of rotatable bonds is 8. The highest BCUT2D eigenvalue weighted by atomic mass is 35.5. The Morgan fingerprint density at radius 2 is 1.74 bits per heavy atom. The van der Waals surface area contributed by atoms with Crippen LogP contribution in [0.4, 0.5) is 0 Å². The van der Waals surface area contributed by atoms with E-state index in [0.717, 1.165) is 19.3 Å². The van der Waals surface area contributed by atoms with Gasteiger partial charge in [-0.05, 0) is 25.0 Å². The molecule has 1 aliphatic carbocycles. The highest BCUT2D eigenvalue weighted by molar-refractivity contribution is 6.31. The van der Waals surface area contributed by atoms with Crippen LogP contribution in [0.25, 0.3) is 0 Å². The lowest BCUT2D eigenvalue weighted by Gasteiger charge is -2.19. The number of Topliss-reactive ketones (excluding diaryl/α,β-unsaturated/α-hetero) is 2. The summed E-state index contributed by atoms with van der Waals surface area (Å²) in [5, 5.41) is 0.213. The zero-order valence-corrected chi connectivity index (χ0v) is 14.4. The summed E-state index contributed by atoms with van der Waals surface area (Å²) in [6.45, 7) is 2.18. The molecule has 0 N–H and O–H groups in total. The van der Waals surface area contributed by atoms with Crippen LogP contribution in [0.2, 0.25) is 5.15 Å². The predicted molar refractivity (Wildman–Crippen MR) is 89.9 cm³/mol. The molecule has 23 heavy (non-hydrogen) atoms. The van der Waals surface area contributed by atoms with Gasteiger partial charge in [0.15, 0.2) is 5.76 Å². The minimum absolute atomic E-state index is 0.143. The Labute approximate surface area is 141 Å². The Bertz CT molecular complexity index is 637. The third kappa shape index (κ3) is 3.99. The number of carbonyl (C=O) groups excluding carboxylic acids is 2. The van der Waals surface area contributed by atoms with E-state index in [1.807, 2.05) is 0 Å². The predicted octanol–water partition coefficient (Wildman–Crippen LogP) is 4.77. The molecule has 0 saturated heterocycles. The SMILES string of the molecule is CCCCCCCCC1=C(OC)C(=O)c2ccc(Cl)nc2C1=O. The molecule has 0 fully saturated rings. The van der Waals surface area contributed by atoms with Crippen molar-refractivity contribution in [1.82, 2.24) is 4.98 Å². The summed E-state index contributed by atoms with van der Waals surface area (Å²) in [5.41, 5.74) is 0.836. The van der Waals surface area contributed by atoms with Gasteiger partial charge in [-0.3, -0.25) is 9.59 Å². The summed E-state index contributed by atoms with van der Waals surface area (Å²) in [7, 11) is 1.43. The van der Waals surface area contributed by atoms with Crippen molar-refractivity contribution in [2.45, 2.75) is 51.9 Å². The number of allylic oxidation sites excluding steroid dienone is 2. The smallest absolute Gasteiger partial charge is 0.230 e. The van der Waals surface area contributed by atoms with Gasteiger partial charge in [-0.15, -0.1) is 0 Å². The number of aromatic nitrogens is 1. The van der Waals surface area contributed by atoms with Gasteiger partial charge in [-0.1, -0.05) is 50.6 Å². The van der Waals surface area contributed by atoms with Gasteiger partial charge in [-0.2, -0.15) is 0 Å². The van der Waals surface area contributed by atoms with Gasteiger partial charge < -0.3 is 4.74 Å². The second-order valence-corrected chi connectivity index (χ2v) is 6.11. The van der Waals surface area contributed by atoms with Gasteiger partial charge >= 0.3 is 0 Å². The number of unbranched alkanes of at least 4 members (excludes halogenated alkanes) is 5. The van der Waals surface area contributed by atoms with Gasteiger partial charge in [-0.25, -0.2) is 4.98 Å². The summed E-state index contributed by atoms with van der Waals surface area (Å²) in [6.07, 6.45) is 7.23. The van der Waals surface area contributed by atoms with Crippen LogP contribution in [0, 0.1) is 0 Å². The van der Waals surface area contributed by atoms with E-state index in [1.165, 1.54) is 38.5 Å². The Hall–Kier alpha value is -1.68. The molecule has 2 rings (SSSR count). The van der Waals surface area contributed by atoms with Gasteiger partial charge in [0, 0.05) is 5.57 Å². The molecule has 0 saturated carbocycles. The minimum atomic E-state index is -0.285. The summed E-state index contributed by atoms with van der Waals surface area (Å²) in [6, 6.07) is 3.04. The molecule has 0 bridgehead atoms. The van der Waals surface area contributed by atoms with Crippen LogP contribution in [0.3, 0.4) is 0 Å². The van der Waals surface area contributed by atoms with Crippen LogP contribution in [-0.4, -0.2) is 23.7 Å². The van der Waals surface area contributed by atoms with E-state index < -0.39 is 0 Å². The second-order valence-electron chi connectivity index (χ2n) is 5.72. The van der Waals surface area contributed by atoms with Crippen molar-refractivity contribution in [2.24, 2.45) is 0 Å². The molecular weight excluding hydrogens is 314 g/mol. The maximum atomic E-state index is 12.6. The van der Waals surface area contributed by atoms with E-state index in [2.05, 4.69) is 11.9 Å². The maximum absolute atomic E-state index is 12.6. The lowest BCUT2D eigenvalue weighted by atomic mass is 9.89. The summed E-state index contributed by atoms with van der Waals surface area (Å²) in [5.74, 6) is -0.375. The zero-order valence-electron chi connectivity index (χ0n) is 13.7. The van der Waals surface area contributed by atoms with Crippen LogP contribution < -0.4 is 0 Å². The van der Waals surface area contributed by atoms with Crippen molar-refractivity contribution in [1.29, 1.82) is 0 Å². The van der Waals surface area contributed by atoms with E-state index in [9.17, 15) is 9.59 Å². The fraction of sp³-hybridized carbons (Fsp3) is 0.500. The molecule has 1 aromatic heterocycles.